The molecule has 0 aliphatic heterocycles. The second-order valence-electron chi connectivity index (χ2n) is 4.38. The highest BCUT2D eigenvalue weighted by Crippen LogP contribution is 2.15. The fourth-order valence-corrected chi connectivity index (χ4v) is 1.66. The van der Waals surface area contributed by atoms with Crippen molar-refractivity contribution < 1.29 is 19.1 Å². The van der Waals surface area contributed by atoms with E-state index in [0.717, 1.165) is 6.42 Å². The molecule has 0 bridgehead atoms. The summed E-state index contributed by atoms with van der Waals surface area (Å²) in [5, 5.41) is 2.62. The van der Waals surface area contributed by atoms with Crippen LogP contribution in [0, 0.1) is 11.8 Å². The standard InChI is InChI=1S/C12H23NO4/c1-5-17-11(14)7-10(6-9(2)3)8-13-12(15)16-4/h9-10H,5-8H2,1-4H3,(H,13,15)/t10-/m0/s1. The van der Waals surface area contributed by atoms with Gasteiger partial charge in [0.25, 0.3) is 0 Å². The average molecular weight is 245 g/mol. The van der Waals surface area contributed by atoms with Crippen molar-refractivity contribution >= 4 is 12.1 Å². The molecular weight excluding hydrogens is 222 g/mol. The van der Waals surface area contributed by atoms with E-state index >= 15 is 0 Å². The second-order valence-corrected chi connectivity index (χ2v) is 4.38. The third-order valence-electron chi connectivity index (χ3n) is 2.29. The Kier molecular flexibility index (Phi) is 8.19. The maximum absolute atomic E-state index is 11.4. The third-order valence-corrected chi connectivity index (χ3v) is 2.29. The van der Waals surface area contributed by atoms with Gasteiger partial charge in [0.05, 0.1) is 20.1 Å². The molecule has 100 valence electrons. The predicted molar refractivity (Wildman–Crippen MR) is 64.6 cm³/mol. The monoisotopic (exact) mass is 245 g/mol. The number of nitrogens with one attached hydrogen (secondary N) is 1. The van der Waals surface area contributed by atoms with E-state index in [-0.39, 0.29) is 11.9 Å². The van der Waals surface area contributed by atoms with Crippen molar-refractivity contribution in [3.8, 4) is 0 Å². The minimum Gasteiger partial charge on any atom is -0.466 e. The minimum atomic E-state index is -0.470. The summed E-state index contributed by atoms with van der Waals surface area (Å²) in [6, 6.07) is 0. The molecule has 0 rings (SSSR count). The van der Waals surface area contributed by atoms with Crippen molar-refractivity contribution in [1.82, 2.24) is 5.32 Å². The highest BCUT2D eigenvalue weighted by atomic mass is 16.5. The van der Waals surface area contributed by atoms with E-state index < -0.39 is 6.09 Å². The number of methoxy groups -OCH3 is 1. The quantitative estimate of drug-likeness (QED) is 0.696. The van der Waals surface area contributed by atoms with Crippen molar-refractivity contribution in [2.75, 3.05) is 20.3 Å². The van der Waals surface area contributed by atoms with Gasteiger partial charge in [-0.05, 0) is 25.2 Å². The van der Waals surface area contributed by atoms with Gasteiger partial charge in [-0.25, -0.2) is 4.79 Å². The molecule has 1 atom stereocenters. The van der Waals surface area contributed by atoms with Crippen LogP contribution in [0.5, 0.6) is 0 Å². The van der Waals surface area contributed by atoms with Crippen LogP contribution in [-0.4, -0.2) is 32.3 Å². The number of rotatable bonds is 7. The summed E-state index contributed by atoms with van der Waals surface area (Å²) in [6.07, 6.45) is 0.723. The van der Waals surface area contributed by atoms with Crippen molar-refractivity contribution in [2.45, 2.75) is 33.6 Å². The average Bonchev–Trinajstić information content (AvgIpc) is 2.24. The Labute approximate surface area is 103 Å². The Morgan fingerprint density at radius 3 is 2.41 bits per heavy atom. The van der Waals surface area contributed by atoms with Gasteiger partial charge in [-0.3, -0.25) is 4.79 Å². The van der Waals surface area contributed by atoms with Crippen LogP contribution in [-0.2, 0) is 14.3 Å². The van der Waals surface area contributed by atoms with E-state index in [1.54, 1.807) is 6.92 Å². The second kappa shape index (κ2) is 8.84. The Balaban J connectivity index is 4.13. The molecule has 0 aromatic heterocycles. The van der Waals surface area contributed by atoms with Crippen molar-refractivity contribution in [3.05, 3.63) is 0 Å². The zero-order valence-electron chi connectivity index (χ0n) is 11.1. The smallest absolute Gasteiger partial charge is 0.406 e. The van der Waals surface area contributed by atoms with Crippen LogP contribution in [0.25, 0.3) is 0 Å². The Bertz CT molecular complexity index is 241. The van der Waals surface area contributed by atoms with Crippen LogP contribution < -0.4 is 5.32 Å². The topological polar surface area (TPSA) is 64.6 Å². The summed E-state index contributed by atoms with van der Waals surface area (Å²) in [4.78, 5) is 22.3. The maximum atomic E-state index is 11.4. The van der Waals surface area contributed by atoms with Gasteiger partial charge < -0.3 is 14.8 Å². The molecule has 0 aliphatic carbocycles. The molecule has 0 aliphatic rings. The highest BCUT2D eigenvalue weighted by Gasteiger charge is 2.17. The van der Waals surface area contributed by atoms with Crippen LogP contribution in [0.2, 0.25) is 0 Å². The molecule has 1 amide bonds. The normalized spacial score (nSPS) is 12.1. The lowest BCUT2D eigenvalue weighted by atomic mass is 9.94. The van der Waals surface area contributed by atoms with Gasteiger partial charge in [-0.15, -0.1) is 0 Å². The van der Waals surface area contributed by atoms with Gasteiger partial charge in [-0.1, -0.05) is 13.8 Å². The number of amides is 1. The van der Waals surface area contributed by atoms with E-state index in [1.807, 2.05) is 0 Å². The van der Waals surface area contributed by atoms with E-state index in [1.165, 1.54) is 7.11 Å². The first-order valence-electron chi connectivity index (χ1n) is 5.97. The molecule has 0 radical (unpaired) electrons. The summed E-state index contributed by atoms with van der Waals surface area (Å²) < 4.78 is 9.40. The molecule has 0 fully saturated rings. The van der Waals surface area contributed by atoms with Gasteiger partial charge in [0, 0.05) is 6.54 Å². The van der Waals surface area contributed by atoms with Gasteiger partial charge in [0.15, 0.2) is 0 Å². The van der Waals surface area contributed by atoms with Crippen LogP contribution >= 0.6 is 0 Å². The van der Waals surface area contributed by atoms with E-state index in [0.29, 0.717) is 25.5 Å². The Morgan fingerprint density at radius 2 is 1.94 bits per heavy atom. The van der Waals surface area contributed by atoms with Crippen LogP contribution in [0.15, 0.2) is 0 Å². The molecule has 5 nitrogen and oxygen atoms in total. The Hall–Kier alpha value is -1.26. The van der Waals surface area contributed by atoms with E-state index in [2.05, 4.69) is 23.9 Å². The molecule has 17 heavy (non-hydrogen) atoms. The molecule has 0 heterocycles. The van der Waals surface area contributed by atoms with Crippen LogP contribution in [0.3, 0.4) is 0 Å². The zero-order chi connectivity index (χ0) is 13.3. The highest BCUT2D eigenvalue weighted by molar-refractivity contribution is 5.70. The van der Waals surface area contributed by atoms with Gasteiger partial charge in [0.2, 0.25) is 0 Å². The maximum Gasteiger partial charge on any atom is 0.406 e. The van der Waals surface area contributed by atoms with Gasteiger partial charge in [-0.2, -0.15) is 0 Å². The molecule has 0 aromatic rings. The fraction of sp³-hybridized carbons (Fsp3) is 0.833. The van der Waals surface area contributed by atoms with Crippen molar-refractivity contribution in [3.63, 3.8) is 0 Å². The first kappa shape index (κ1) is 15.7. The number of carbonyl (C=O) groups excluding carboxylic acids is 2. The number of alkyl carbamates (subject to hydrolysis) is 1. The molecule has 0 spiro atoms. The predicted octanol–water partition coefficient (Wildman–Crippen LogP) is 1.96. The van der Waals surface area contributed by atoms with Crippen molar-refractivity contribution in [2.24, 2.45) is 11.8 Å². The lowest BCUT2D eigenvalue weighted by molar-refractivity contribution is -0.144. The molecular formula is C12H23NO4. The molecule has 0 aromatic carbocycles. The molecule has 5 heteroatoms. The lowest BCUT2D eigenvalue weighted by Crippen LogP contribution is -2.31. The minimum absolute atomic E-state index is 0.0909. The van der Waals surface area contributed by atoms with Crippen LogP contribution in [0.1, 0.15) is 33.6 Å². The van der Waals surface area contributed by atoms with E-state index in [9.17, 15) is 9.59 Å². The zero-order valence-corrected chi connectivity index (χ0v) is 11.1. The Morgan fingerprint density at radius 1 is 1.29 bits per heavy atom. The molecule has 0 saturated heterocycles. The fourth-order valence-electron chi connectivity index (χ4n) is 1.66. The summed E-state index contributed by atoms with van der Waals surface area (Å²) in [5.74, 6) is 0.340. The summed E-state index contributed by atoms with van der Waals surface area (Å²) in [7, 11) is 1.32. The number of esters is 1. The molecule has 0 unspecified atom stereocenters. The van der Waals surface area contributed by atoms with Gasteiger partial charge in [0.1, 0.15) is 0 Å². The van der Waals surface area contributed by atoms with Gasteiger partial charge >= 0.3 is 12.1 Å². The number of hydrogen-bond acceptors (Lipinski definition) is 4. The third kappa shape index (κ3) is 8.54. The molecule has 0 saturated carbocycles. The number of hydrogen-bond donors (Lipinski definition) is 1. The first-order valence-corrected chi connectivity index (χ1v) is 5.97. The van der Waals surface area contributed by atoms with Crippen molar-refractivity contribution in [1.29, 1.82) is 0 Å². The van der Waals surface area contributed by atoms with Crippen LogP contribution in [0.4, 0.5) is 4.79 Å². The summed E-state index contributed by atoms with van der Waals surface area (Å²) in [6.45, 7) is 6.76. The number of ether oxygens (including phenoxy) is 2. The molecule has 1 N–H and O–H groups in total. The largest absolute Gasteiger partial charge is 0.466 e. The SMILES string of the molecule is CCOC(=O)C[C@@H](CNC(=O)OC)CC(C)C. The summed E-state index contributed by atoms with van der Waals surface area (Å²) in [5.41, 5.74) is 0. The lowest BCUT2D eigenvalue weighted by Gasteiger charge is -2.18. The van der Waals surface area contributed by atoms with E-state index in [4.69, 9.17) is 4.74 Å². The number of carbonyl (C=O) groups is 2. The first-order chi connectivity index (χ1) is 7.99. The summed E-state index contributed by atoms with van der Waals surface area (Å²) >= 11 is 0.